The molecule has 0 bridgehead atoms. The first-order valence-electron chi connectivity index (χ1n) is 9.02. The first kappa shape index (κ1) is 15.9. The molecule has 1 unspecified atom stereocenters. The van der Waals surface area contributed by atoms with Gasteiger partial charge in [0.25, 0.3) is 0 Å². The summed E-state index contributed by atoms with van der Waals surface area (Å²) in [6.45, 7) is 7.76. The Kier molecular flexibility index (Phi) is 4.19. The van der Waals surface area contributed by atoms with Crippen LogP contribution in [-0.2, 0) is 6.42 Å². The van der Waals surface area contributed by atoms with E-state index >= 15 is 0 Å². The largest absolute Gasteiger partial charge is 0.446 e. The van der Waals surface area contributed by atoms with Gasteiger partial charge in [-0.1, -0.05) is 30.3 Å². The molecule has 1 aromatic carbocycles. The van der Waals surface area contributed by atoms with Gasteiger partial charge in [0.2, 0.25) is 0 Å². The van der Waals surface area contributed by atoms with Gasteiger partial charge in [0.15, 0.2) is 5.89 Å². The third-order valence-corrected chi connectivity index (χ3v) is 5.62. The van der Waals surface area contributed by atoms with Gasteiger partial charge in [0, 0.05) is 31.6 Å². The molecule has 2 aromatic rings. The van der Waals surface area contributed by atoms with Crippen LogP contribution < -0.4 is 0 Å². The summed E-state index contributed by atoms with van der Waals surface area (Å²) in [5, 5.41) is 0. The van der Waals surface area contributed by atoms with Gasteiger partial charge >= 0.3 is 0 Å². The molecule has 1 spiro atoms. The molecule has 2 saturated heterocycles. The zero-order chi connectivity index (χ0) is 16.6. The molecule has 0 amide bonds. The summed E-state index contributed by atoms with van der Waals surface area (Å²) >= 11 is 0. The second-order valence-corrected chi connectivity index (χ2v) is 7.72. The molecular formula is C20H27N3O. The molecule has 0 N–H and O–H groups in total. The van der Waals surface area contributed by atoms with E-state index < -0.39 is 0 Å². The predicted molar refractivity (Wildman–Crippen MR) is 95.1 cm³/mol. The molecule has 0 saturated carbocycles. The molecule has 128 valence electrons. The van der Waals surface area contributed by atoms with Crippen LogP contribution in [0.25, 0.3) is 0 Å². The molecule has 4 nitrogen and oxygen atoms in total. The normalized spacial score (nSPS) is 23.7. The maximum absolute atomic E-state index is 5.86. The number of oxazole rings is 1. The first-order valence-corrected chi connectivity index (χ1v) is 9.02. The lowest BCUT2D eigenvalue weighted by Crippen LogP contribution is -2.59. The van der Waals surface area contributed by atoms with Gasteiger partial charge in [0.05, 0.1) is 12.1 Å². The van der Waals surface area contributed by atoms with Crippen molar-refractivity contribution in [2.75, 3.05) is 39.8 Å². The highest BCUT2D eigenvalue weighted by Crippen LogP contribution is 2.48. The number of aromatic nitrogens is 1. The predicted octanol–water partition coefficient (Wildman–Crippen LogP) is 2.95. The van der Waals surface area contributed by atoms with Crippen molar-refractivity contribution in [2.45, 2.75) is 25.7 Å². The van der Waals surface area contributed by atoms with E-state index in [1.165, 1.54) is 38.0 Å². The van der Waals surface area contributed by atoms with Crippen LogP contribution in [0, 0.1) is 12.3 Å². The van der Waals surface area contributed by atoms with Gasteiger partial charge in [-0.05, 0) is 38.9 Å². The number of hydrogen-bond donors (Lipinski definition) is 0. The van der Waals surface area contributed by atoms with E-state index in [2.05, 4.69) is 52.2 Å². The van der Waals surface area contributed by atoms with E-state index in [9.17, 15) is 0 Å². The fraction of sp³-hybridized carbons (Fsp3) is 0.550. The number of aryl methyl sites for hydroxylation is 2. The summed E-state index contributed by atoms with van der Waals surface area (Å²) in [6.07, 6.45) is 4.27. The van der Waals surface area contributed by atoms with Crippen molar-refractivity contribution in [2.24, 2.45) is 5.41 Å². The minimum Gasteiger partial charge on any atom is -0.446 e. The van der Waals surface area contributed by atoms with Gasteiger partial charge in [-0.2, -0.15) is 0 Å². The highest BCUT2D eigenvalue weighted by atomic mass is 16.4. The quantitative estimate of drug-likeness (QED) is 0.846. The van der Waals surface area contributed by atoms with Gasteiger partial charge in [-0.25, -0.2) is 4.98 Å². The minimum absolute atomic E-state index is 0.346. The van der Waals surface area contributed by atoms with Crippen molar-refractivity contribution in [1.82, 2.24) is 14.8 Å². The minimum atomic E-state index is 0.346. The Labute approximate surface area is 144 Å². The van der Waals surface area contributed by atoms with Crippen LogP contribution in [-0.4, -0.2) is 54.6 Å². The standard InChI is InChI=1S/C20H27N3O/c1-16-11-21-19(24-16)18-12-22(2)13-20(18)14-23(15-20)10-6-9-17-7-4-3-5-8-17/h3-5,7-8,11,18H,6,9-10,12-15H2,1-2H3. The topological polar surface area (TPSA) is 32.5 Å². The van der Waals surface area contributed by atoms with Crippen molar-refractivity contribution in [3.8, 4) is 0 Å². The molecule has 1 aromatic heterocycles. The number of rotatable bonds is 5. The van der Waals surface area contributed by atoms with E-state index in [-0.39, 0.29) is 0 Å². The lowest BCUT2D eigenvalue weighted by Gasteiger charge is -2.50. The van der Waals surface area contributed by atoms with Crippen LogP contribution in [0.15, 0.2) is 40.9 Å². The molecule has 4 rings (SSSR count). The molecule has 3 heterocycles. The van der Waals surface area contributed by atoms with Crippen molar-refractivity contribution >= 4 is 0 Å². The highest BCUT2D eigenvalue weighted by Gasteiger charge is 2.55. The van der Waals surface area contributed by atoms with Crippen LogP contribution in [0.3, 0.4) is 0 Å². The van der Waals surface area contributed by atoms with Gasteiger partial charge in [0.1, 0.15) is 5.76 Å². The first-order chi connectivity index (χ1) is 11.6. The van der Waals surface area contributed by atoms with Gasteiger partial charge in [-0.15, -0.1) is 0 Å². The molecule has 2 fully saturated rings. The molecule has 4 heteroatoms. The van der Waals surface area contributed by atoms with E-state index in [0.29, 0.717) is 11.3 Å². The van der Waals surface area contributed by atoms with Crippen LogP contribution >= 0.6 is 0 Å². The van der Waals surface area contributed by atoms with Crippen LogP contribution in [0.5, 0.6) is 0 Å². The monoisotopic (exact) mass is 325 g/mol. The van der Waals surface area contributed by atoms with Gasteiger partial charge in [-0.3, -0.25) is 0 Å². The summed E-state index contributed by atoms with van der Waals surface area (Å²) in [5.74, 6) is 2.32. The Hall–Kier alpha value is -1.65. The number of likely N-dealkylation sites (tertiary alicyclic amines) is 2. The van der Waals surface area contributed by atoms with Crippen molar-refractivity contribution in [3.63, 3.8) is 0 Å². The molecule has 24 heavy (non-hydrogen) atoms. The molecular weight excluding hydrogens is 298 g/mol. The second-order valence-electron chi connectivity index (χ2n) is 7.72. The molecule has 0 aliphatic carbocycles. The third-order valence-electron chi connectivity index (χ3n) is 5.62. The van der Waals surface area contributed by atoms with E-state index in [1.807, 2.05) is 13.1 Å². The fourth-order valence-electron chi connectivity index (χ4n) is 4.57. The van der Waals surface area contributed by atoms with E-state index in [1.54, 1.807) is 0 Å². The Morgan fingerprint density at radius 2 is 2.00 bits per heavy atom. The lowest BCUT2D eigenvalue weighted by atomic mass is 9.71. The van der Waals surface area contributed by atoms with Crippen molar-refractivity contribution in [1.29, 1.82) is 0 Å². The average Bonchev–Trinajstić information content (AvgIpc) is 3.11. The van der Waals surface area contributed by atoms with Crippen LogP contribution in [0.1, 0.15) is 29.6 Å². The van der Waals surface area contributed by atoms with Crippen LogP contribution in [0.4, 0.5) is 0 Å². The fourth-order valence-corrected chi connectivity index (χ4v) is 4.57. The zero-order valence-electron chi connectivity index (χ0n) is 14.7. The Morgan fingerprint density at radius 1 is 1.21 bits per heavy atom. The zero-order valence-corrected chi connectivity index (χ0v) is 14.7. The molecule has 1 atom stereocenters. The number of hydrogen-bond acceptors (Lipinski definition) is 4. The van der Waals surface area contributed by atoms with Gasteiger partial charge < -0.3 is 14.2 Å². The van der Waals surface area contributed by atoms with Crippen molar-refractivity contribution in [3.05, 3.63) is 53.7 Å². The Morgan fingerprint density at radius 3 is 2.71 bits per heavy atom. The summed E-state index contributed by atoms with van der Waals surface area (Å²) in [7, 11) is 2.22. The number of nitrogens with zero attached hydrogens (tertiary/aromatic N) is 3. The number of likely N-dealkylation sites (N-methyl/N-ethyl adjacent to an activating group) is 1. The van der Waals surface area contributed by atoms with E-state index in [4.69, 9.17) is 4.42 Å². The molecule has 0 radical (unpaired) electrons. The smallest absolute Gasteiger partial charge is 0.199 e. The SMILES string of the molecule is Cc1cnc(C2CN(C)CC23CN(CCCc2ccccc2)C3)o1. The summed E-state index contributed by atoms with van der Waals surface area (Å²) in [4.78, 5) is 9.56. The van der Waals surface area contributed by atoms with E-state index in [0.717, 1.165) is 24.7 Å². The summed E-state index contributed by atoms with van der Waals surface area (Å²) in [6, 6.07) is 10.8. The Bertz CT molecular complexity index is 675. The maximum atomic E-state index is 5.86. The maximum Gasteiger partial charge on any atom is 0.199 e. The molecule has 2 aliphatic heterocycles. The third kappa shape index (κ3) is 3.01. The molecule has 2 aliphatic rings. The average molecular weight is 325 g/mol. The van der Waals surface area contributed by atoms with Crippen molar-refractivity contribution < 1.29 is 4.42 Å². The highest BCUT2D eigenvalue weighted by molar-refractivity contribution is 5.17. The summed E-state index contributed by atoms with van der Waals surface area (Å²) in [5.41, 5.74) is 1.79. The number of benzene rings is 1. The Balaban J connectivity index is 1.33. The van der Waals surface area contributed by atoms with Crippen LogP contribution in [0.2, 0.25) is 0 Å². The second kappa shape index (κ2) is 6.34. The lowest BCUT2D eigenvalue weighted by molar-refractivity contribution is -0.00711. The summed E-state index contributed by atoms with van der Waals surface area (Å²) < 4.78 is 5.86.